The van der Waals surface area contributed by atoms with E-state index in [9.17, 15) is 0 Å². The van der Waals surface area contributed by atoms with E-state index in [-0.39, 0.29) is 0 Å². The van der Waals surface area contributed by atoms with Gasteiger partial charge in [-0.3, -0.25) is 4.99 Å². The zero-order valence-electron chi connectivity index (χ0n) is 10.1. The number of guanidine groups is 1. The van der Waals surface area contributed by atoms with Crippen LogP contribution < -0.4 is 5.32 Å². The summed E-state index contributed by atoms with van der Waals surface area (Å²) in [6, 6.07) is 4.12. The standard InChI is InChI=1S/C12H18N4/c1-5-8-14-12(13-2)16(4)10-11-7-6-9-15(11)3/h1,6-7,9H,8,10H2,2-4H3,(H,13,14). The van der Waals surface area contributed by atoms with Gasteiger partial charge >= 0.3 is 0 Å². The van der Waals surface area contributed by atoms with Crippen LogP contribution in [-0.2, 0) is 13.6 Å². The SMILES string of the molecule is C#CCNC(=NC)N(C)Cc1cccn1C. The van der Waals surface area contributed by atoms with E-state index in [1.807, 2.05) is 31.3 Å². The van der Waals surface area contributed by atoms with Gasteiger partial charge in [-0.2, -0.15) is 0 Å². The maximum Gasteiger partial charge on any atom is 0.194 e. The molecular formula is C12H18N4. The maximum atomic E-state index is 5.20. The Kier molecular flexibility index (Phi) is 4.46. The predicted molar refractivity (Wildman–Crippen MR) is 67.1 cm³/mol. The topological polar surface area (TPSA) is 32.6 Å². The van der Waals surface area contributed by atoms with Crippen LogP contribution in [0.5, 0.6) is 0 Å². The minimum Gasteiger partial charge on any atom is -0.353 e. The molecule has 0 aliphatic rings. The van der Waals surface area contributed by atoms with E-state index >= 15 is 0 Å². The van der Waals surface area contributed by atoms with Crippen molar-refractivity contribution in [3.05, 3.63) is 24.0 Å². The van der Waals surface area contributed by atoms with Crippen molar-refractivity contribution in [3.63, 3.8) is 0 Å². The average Bonchev–Trinajstić information content (AvgIpc) is 2.65. The van der Waals surface area contributed by atoms with Crippen LogP contribution in [0.3, 0.4) is 0 Å². The fraction of sp³-hybridized carbons (Fsp3) is 0.417. The molecule has 0 saturated heterocycles. The van der Waals surface area contributed by atoms with E-state index < -0.39 is 0 Å². The zero-order chi connectivity index (χ0) is 12.0. The van der Waals surface area contributed by atoms with E-state index in [1.165, 1.54) is 5.69 Å². The highest BCUT2D eigenvalue weighted by molar-refractivity contribution is 5.79. The molecule has 0 aliphatic heterocycles. The van der Waals surface area contributed by atoms with Crippen molar-refractivity contribution < 1.29 is 0 Å². The Morgan fingerprint density at radius 1 is 1.69 bits per heavy atom. The number of nitrogens with one attached hydrogen (secondary N) is 1. The van der Waals surface area contributed by atoms with Crippen molar-refractivity contribution in [2.45, 2.75) is 6.54 Å². The average molecular weight is 218 g/mol. The van der Waals surface area contributed by atoms with Crippen LogP contribution in [0, 0.1) is 12.3 Å². The summed E-state index contributed by atoms with van der Waals surface area (Å²) in [5.74, 6) is 3.34. The molecule has 1 rings (SSSR count). The molecule has 0 aliphatic carbocycles. The normalized spacial score (nSPS) is 11.0. The fourth-order valence-corrected chi connectivity index (χ4v) is 1.49. The molecule has 86 valence electrons. The molecule has 0 amide bonds. The number of rotatable bonds is 3. The van der Waals surface area contributed by atoms with Crippen molar-refractivity contribution in [2.75, 3.05) is 20.6 Å². The van der Waals surface area contributed by atoms with Crippen LogP contribution in [-0.4, -0.2) is 36.1 Å². The van der Waals surface area contributed by atoms with E-state index in [0.29, 0.717) is 6.54 Å². The highest BCUT2D eigenvalue weighted by Crippen LogP contribution is 2.03. The number of hydrogen-bond acceptors (Lipinski definition) is 1. The van der Waals surface area contributed by atoms with Gasteiger partial charge in [0.1, 0.15) is 0 Å². The molecular weight excluding hydrogens is 200 g/mol. The summed E-state index contributed by atoms with van der Waals surface area (Å²) in [6.07, 6.45) is 7.23. The van der Waals surface area contributed by atoms with Crippen molar-refractivity contribution in [1.29, 1.82) is 0 Å². The molecule has 0 atom stereocenters. The highest BCUT2D eigenvalue weighted by Gasteiger charge is 2.06. The Bertz CT molecular complexity index is 397. The first-order valence-electron chi connectivity index (χ1n) is 5.14. The summed E-state index contributed by atoms with van der Waals surface area (Å²) < 4.78 is 2.09. The molecule has 0 radical (unpaired) electrons. The van der Waals surface area contributed by atoms with E-state index in [2.05, 4.69) is 26.9 Å². The van der Waals surface area contributed by atoms with Crippen LogP contribution in [0.25, 0.3) is 0 Å². The summed E-state index contributed by atoms with van der Waals surface area (Å²) in [6.45, 7) is 1.29. The van der Waals surface area contributed by atoms with Crippen LogP contribution >= 0.6 is 0 Å². The highest BCUT2D eigenvalue weighted by atomic mass is 15.3. The van der Waals surface area contributed by atoms with Gasteiger partial charge in [-0.05, 0) is 12.1 Å². The van der Waals surface area contributed by atoms with Crippen molar-refractivity contribution in [3.8, 4) is 12.3 Å². The second kappa shape index (κ2) is 5.86. The summed E-state index contributed by atoms with van der Waals surface area (Å²) in [5, 5.41) is 3.08. The van der Waals surface area contributed by atoms with Crippen molar-refractivity contribution >= 4 is 5.96 Å². The van der Waals surface area contributed by atoms with Gasteiger partial charge in [0.15, 0.2) is 5.96 Å². The van der Waals surface area contributed by atoms with Gasteiger partial charge in [0.25, 0.3) is 0 Å². The lowest BCUT2D eigenvalue weighted by Gasteiger charge is -2.21. The van der Waals surface area contributed by atoms with Crippen LogP contribution in [0.15, 0.2) is 23.3 Å². The molecule has 0 aromatic carbocycles. The Morgan fingerprint density at radius 2 is 2.44 bits per heavy atom. The molecule has 0 bridgehead atoms. The lowest BCUT2D eigenvalue weighted by Crippen LogP contribution is -2.38. The first kappa shape index (κ1) is 12.2. The van der Waals surface area contributed by atoms with Gasteiger partial charge < -0.3 is 14.8 Å². The third-order valence-electron chi connectivity index (χ3n) is 2.37. The molecule has 4 heteroatoms. The van der Waals surface area contributed by atoms with Gasteiger partial charge in [0.2, 0.25) is 0 Å². The number of aromatic nitrogens is 1. The predicted octanol–water partition coefficient (Wildman–Crippen LogP) is 0.665. The lowest BCUT2D eigenvalue weighted by molar-refractivity contribution is 0.465. The number of aliphatic imine (C=N–C) groups is 1. The van der Waals surface area contributed by atoms with E-state index in [4.69, 9.17) is 6.42 Å². The Balaban J connectivity index is 2.61. The quantitative estimate of drug-likeness (QED) is 0.459. The Morgan fingerprint density at radius 3 is 2.94 bits per heavy atom. The van der Waals surface area contributed by atoms with Gasteiger partial charge in [-0.1, -0.05) is 5.92 Å². The minimum absolute atomic E-state index is 0.490. The van der Waals surface area contributed by atoms with Gasteiger partial charge in [0, 0.05) is 33.0 Å². The molecule has 1 heterocycles. The summed E-state index contributed by atoms with van der Waals surface area (Å²) in [7, 11) is 5.76. The van der Waals surface area contributed by atoms with Crippen LogP contribution in [0.1, 0.15) is 5.69 Å². The van der Waals surface area contributed by atoms with Gasteiger partial charge in [-0.25, -0.2) is 0 Å². The Hall–Kier alpha value is -1.89. The molecule has 1 N–H and O–H groups in total. The maximum absolute atomic E-state index is 5.20. The summed E-state index contributed by atoms with van der Waals surface area (Å²) in [5.41, 5.74) is 1.23. The fourth-order valence-electron chi connectivity index (χ4n) is 1.49. The molecule has 1 aromatic heterocycles. The van der Waals surface area contributed by atoms with E-state index in [0.717, 1.165) is 12.5 Å². The van der Waals surface area contributed by atoms with Crippen molar-refractivity contribution in [1.82, 2.24) is 14.8 Å². The number of terminal acetylenes is 1. The second-order valence-corrected chi connectivity index (χ2v) is 3.57. The smallest absolute Gasteiger partial charge is 0.194 e. The molecule has 0 saturated carbocycles. The molecule has 4 nitrogen and oxygen atoms in total. The third-order valence-corrected chi connectivity index (χ3v) is 2.37. The molecule has 1 aromatic rings. The number of nitrogens with zero attached hydrogens (tertiary/aromatic N) is 3. The molecule has 0 unspecified atom stereocenters. The lowest BCUT2D eigenvalue weighted by atomic mass is 10.4. The summed E-state index contributed by atoms with van der Waals surface area (Å²) in [4.78, 5) is 6.20. The first-order valence-corrected chi connectivity index (χ1v) is 5.14. The van der Waals surface area contributed by atoms with Crippen LogP contribution in [0.4, 0.5) is 0 Å². The van der Waals surface area contributed by atoms with Gasteiger partial charge in [0.05, 0.1) is 13.1 Å². The third kappa shape index (κ3) is 3.06. The van der Waals surface area contributed by atoms with E-state index in [1.54, 1.807) is 7.05 Å². The number of aryl methyl sites for hydroxylation is 1. The van der Waals surface area contributed by atoms with Gasteiger partial charge in [-0.15, -0.1) is 6.42 Å². The monoisotopic (exact) mass is 218 g/mol. The largest absolute Gasteiger partial charge is 0.353 e. The van der Waals surface area contributed by atoms with Crippen LogP contribution in [0.2, 0.25) is 0 Å². The zero-order valence-corrected chi connectivity index (χ0v) is 10.1. The first-order chi connectivity index (χ1) is 7.69. The molecule has 16 heavy (non-hydrogen) atoms. The summed E-state index contributed by atoms with van der Waals surface area (Å²) >= 11 is 0. The number of hydrogen-bond donors (Lipinski definition) is 1. The Labute approximate surface area is 97.0 Å². The van der Waals surface area contributed by atoms with Crippen molar-refractivity contribution in [2.24, 2.45) is 12.0 Å². The minimum atomic E-state index is 0.490. The molecule has 0 fully saturated rings. The second-order valence-electron chi connectivity index (χ2n) is 3.57. The molecule has 0 spiro atoms.